The average Bonchev–Trinajstić information content (AvgIpc) is 2.92. The molecule has 1 aromatic heterocycles. The Bertz CT molecular complexity index is 831. The van der Waals surface area contributed by atoms with Gasteiger partial charge in [0, 0.05) is 6.08 Å². The highest BCUT2D eigenvalue weighted by Gasteiger charge is 2.04. The molecule has 0 aliphatic rings. The summed E-state index contributed by atoms with van der Waals surface area (Å²) < 4.78 is 6.40. The fourth-order valence-corrected chi connectivity index (χ4v) is 2.90. The van der Waals surface area contributed by atoms with E-state index in [1.807, 2.05) is 50.2 Å². The molecule has 0 spiro atoms. The smallest absolute Gasteiger partial charge is 0.336 e. The van der Waals surface area contributed by atoms with Gasteiger partial charge in [-0.15, -0.1) is 11.3 Å². The second-order valence-electron chi connectivity index (χ2n) is 5.02. The van der Waals surface area contributed by atoms with Crippen LogP contribution in [0.2, 0.25) is 0 Å². The van der Waals surface area contributed by atoms with E-state index in [0.29, 0.717) is 5.75 Å². The Labute approximate surface area is 132 Å². The number of fused-ring (bicyclic) bond motifs is 1. The monoisotopic (exact) mass is 309 g/mol. The minimum absolute atomic E-state index is 0.400. The molecule has 0 saturated carbocycles. The van der Waals surface area contributed by atoms with Crippen molar-refractivity contribution in [1.29, 1.82) is 0 Å². The van der Waals surface area contributed by atoms with Gasteiger partial charge in [-0.2, -0.15) is 0 Å². The summed E-state index contributed by atoms with van der Waals surface area (Å²) in [5, 5.41) is 0.790. The zero-order chi connectivity index (χ0) is 15.5. The lowest BCUT2D eigenvalue weighted by Gasteiger charge is -2.04. The third kappa shape index (κ3) is 3.23. The minimum atomic E-state index is -0.400. The molecule has 3 rings (SSSR count). The minimum Gasteiger partial charge on any atom is -0.423 e. The van der Waals surface area contributed by atoms with Crippen LogP contribution in [0.25, 0.3) is 16.3 Å². The fraction of sp³-hybridized carbons (Fsp3) is 0.111. The summed E-state index contributed by atoms with van der Waals surface area (Å²) in [6, 6.07) is 13.5. The number of carbonyl (C=O) groups excluding carboxylic acids is 1. The highest BCUT2D eigenvalue weighted by atomic mass is 32.1. The number of thiazole rings is 1. The molecule has 4 heteroatoms. The van der Waals surface area contributed by atoms with E-state index in [0.717, 1.165) is 20.8 Å². The largest absolute Gasteiger partial charge is 0.423 e. The van der Waals surface area contributed by atoms with Crippen molar-refractivity contribution in [3.8, 4) is 5.75 Å². The van der Waals surface area contributed by atoms with Gasteiger partial charge in [0.2, 0.25) is 0 Å². The molecule has 1 heterocycles. The Morgan fingerprint density at radius 3 is 2.73 bits per heavy atom. The third-order valence-corrected chi connectivity index (χ3v) is 4.37. The maximum atomic E-state index is 11.9. The molecule has 0 fully saturated rings. The molecular weight excluding hydrogens is 294 g/mol. The molecule has 3 nitrogen and oxygen atoms in total. The van der Waals surface area contributed by atoms with Crippen molar-refractivity contribution < 1.29 is 9.53 Å². The number of ether oxygens (including phenoxy) is 1. The maximum absolute atomic E-state index is 11.9. The van der Waals surface area contributed by atoms with Crippen LogP contribution in [0.4, 0.5) is 0 Å². The van der Waals surface area contributed by atoms with Gasteiger partial charge >= 0.3 is 5.97 Å². The second kappa shape index (κ2) is 6.12. The lowest BCUT2D eigenvalue weighted by Crippen LogP contribution is -2.03. The highest BCUT2D eigenvalue weighted by Crippen LogP contribution is 2.22. The zero-order valence-electron chi connectivity index (χ0n) is 12.4. The Morgan fingerprint density at radius 1 is 1.14 bits per heavy atom. The number of hydrogen-bond donors (Lipinski definition) is 0. The SMILES string of the molecule is Cc1ccc(OC(=O)/C=C/c2nc3ccccc3s2)cc1C. The fourth-order valence-electron chi connectivity index (χ4n) is 2.03. The van der Waals surface area contributed by atoms with Gasteiger partial charge in [0.1, 0.15) is 10.8 Å². The Kier molecular flexibility index (Phi) is 4.02. The van der Waals surface area contributed by atoms with Gasteiger partial charge in [0.05, 0.1) is 10.2 Å². The number of carbonyl (C=O) groups is 1. The molecule has 0 radical (unpaired) electrons. The molecule has 3 aromatic rings. The quantitative estimate of drug-likeness (QED) is 0.405. The maximum Gasteiger partial charge on any atom is 0.336 e. The van der Waals surface area contributed by atoms with E-state index in [2.05, 4.69) is 4.98 Å². The number of benzene rings is 2. The van der Waals surface area contributed by atoms with E-state index >= 15 is 0 Å². The summed E-state index contributed by atoms with van der Waals surface area (Å²) in [6.07, 6.45) is 3.10. The summed E-state index contributed by atoms with van der Waals surface area (Å²) in [7, 11) is 0. The number of aromatic nitrogens is 1. The summed E-state index contributed by atoms with van der Waals surface area (Å²) in [6.45, 7) is 4.01. The van der Waals surface area contributed by atoms with Crippen LogP contribution in [0.5, 0.6) is 5.75 Å². The third-order valence-electron chi connectivity index (χ3n) is 3.37. The molecule has 0 atom stereocenters. The van der Waals surface area contributed by atoms with E-state index in [-0.39, 0.29) is 0 Å². The lowest BCUT2D eigenvalue weighted by molar-refractivity contribution is -0.128. The van der Waals surface area contributed by atoms with Crippen LogP contribution in [-0.4, -0.2) is 11.0 Å². The first kappa shape index (κ1) is 14.5. The van der Waals surface area contributed by atoms with Gasteiger partial charge in [-0.3, -0.25) is 0 Å². The van der Waals surface area contributed by atoms with Crippen molar-refractivity contribution in [2.45, 2.75) is 13.8 Å². The van der Waals surface area contributed by atoms with E-state index in [4.69, 9.17) is 4.74 Å². The topological polar surface area (TPSA) is 39.2 Å². The second-order valence-corrected chi connectivity index (χ2v) is 6.08. The molecule has 0 bridgehead atoms. The van der Waals surface area contributed by atoms with Crippen LogP contribution in [0.1, 0.15) is 16.1 Å². The lowest BCUT2D eigenvalue weighted by atomic mass is 10.1. The van der Waals surface area contributed by atoms with Crippen molar-refractivity contribution in [2.24, 2.45) is 0 Å². The van der Waals surface area contributed by atoms with Crippen molar-refractivity contribution in [3.63, 3.8) is 0 Å². The van der Waals surface area contributed by atoms with E-state index in [1.165, 1.54) is 11.6 Å². The van der Waals surface area contributed by atoms with E-state index in [1.54, 1.807) is 23.5 Å². The average molecular weight is 309 g/mol. The molecule has 0 saturated heterocycles. The first-order valence-corrected chi connectivity index (χ1v) is 7.76. The molecule has 110 valence electrons. The first-order valence-electron chi connectivity index (χ1n) is 6.94. The van der Waals surface area contributed by atoms with Gasteiger partial charge in [0.25, 0.3) is 0 Å². The standard InChI is InChI=1S/C18H15NO2S/c1-12-7-8-14(11-13(12)2)21-18(20)10-9-17-19-15-5-3-4-6-16(15)22-17/h3-11H,1-2H3/b10-9+. The van der Waals surface area contributed by atoms with Gasteiger partial charge < -0.3 is 4.74 Å². The van der Waals surface area contributed by atoms with E-state index < -0.39 is 5.97 Å². The summed E-state index contributed by atoms with van der Waals surface area (Å²) in [5.74, 6) is 0.157. The summed E-state index contributed by atoms with van der Waals surface area (Å²) >= 11 is 1.54. The van der Waals surface area contributed by atoms with E-state index in [9.17, 15) is 4.79 Å². The predicted molar refractivity (Wildman–Crippen MR) is 90.2 cm³/mol. The molecule has 0 aliphatic heterocycles. The molecule has 0 aliphatic carbocycles. The van der Waals surface area contributed by atoms with Crippen LogP contribution in [-0.2, 0) is 4.79 Å². The van der Waals surface area contributed by atoms with Gasteiger partial charge in [-0.1, -0.05) is 18.2 Å². The Hall–Kier alpha value is -2.46. The molecule has 2 aromatic carbocycles. The van der Waals surface area contributed by atoms with Crippen molar-refractivity contribution in [2.75, 3.05) is 0 Å². The first-order chi connectivity index (χ1) is 10.6. The number of nitrogens with zero attached hydrogens (tertiary/aromatic N) is 1. The van der Waals surface area contributed by atoms with Gasteiger partial charge in [0.15, 0.2) is 0 Å². The molecular formula is C18H15NO2S. The zero-order valence-corrected chi connectivity index (χ0v) is 13.2. The van der Waals surface area contributed by atoms with Gasteiger partial charge in [-0.05, 0) is 55.3 Å². The number of aryl methyl sites for hydroxylation is 2. The number of rotatable bonds is 3. The van der Waals surface area contributed by atoms with Crippen LogP contribution in [0, 0.1) is 13.8 Å². The number of hydrogen-bond acceptors (Lipinski definition) is 4. The van der Waals surface area contributed by atoms with Crippen LogP contribution in [0.3, 0.4) is 0 Å². The molecule has 0 N–H and O–H groups in total. The number of para-hydroxylation sites is 1. The van der Waals surface area contributed by atoms with Crippen LogP contribution >= 0.6 is 11.3 Å². The van der Waals surface area contributed by atoms with Crippen LogP contribution in [0.15, 0.2) is 48.5 Å². The Balaban J connectivity index is 1.71. The van der Waals surface area contributed by atoms with Crippen molar-refractivity contribution in [3.05, 3.63) is 64.7 Å². The number of esters is 1. The molecule has 0 unspecified atom stereocenters. The highest BCUT2D eigenvalue weighted by molar-refractivity contribution is 7.19. The normalized spacial score (nSPS) is 11.2. The van der Waals surface area contributed by atoms with Crippen LogP contribution < -0.4 is 4.74 Å². The van der Waals surface area contributed by atoms with Crippen molar-refractivity contribution >= 4 is 33.6 Å². The molecule has 0 amide bonds. The van der Waals surface area contributed by atoms with Crippen molar-refractivity contribution in [1.82, 2.24) is 4.98 Å². The Morgan fingerprint density at radius 2 is 1.95 bits per heavy atom. The van der Waals surface area contributed by atoms with Gasteiger partial charge in [-0.25, -0.2) is 9.78 Å². The summed E-state index contributed by atoms with van der Waals surface area (Å²) in [4.78, 5) is 16.3. The predicted octanol–water partition coefficient (Wildman–Crippen LogP) is 4.53. The summed E-state index contributed by atoms with van der Waals surface area (Å²) in [5.41, 5.74) is 3.21. The molecule has 22 heavy (non-hydrogen) atoms.